The molecule has 0 unspecified atom stereocenters. The van der Waals surface area contributed by atoms with E-state index in [0.29, 0.717) is 0 Å². The van der Waals surface area contributed by atoms with Crippen LogP contribution in [0.25, 0.3) is 0 Å². The summed E-state index contributed by atoms with van der Waals surface area (Å²) < 4.78 is 0. The molecule has 1 fully saturated rings. The van der Waals surface area contributed by atoms with Crippen LogP contribution >= 0.6 is 0 Å². The van der Waals surface area contributed by atoms with Crippen LogP contribution in [0.2, 0.25) is 0 Å². The van der Waals surface area contributed by atoms with E-state index in [1.807, 2.05) is 0 Å². The van der Waals surface area contributed by atoms with Crippen LogP contribution in [0.1, 0.15) is 36.3 Å². The molecule has 1 aromatic carbocycles. The lowest BCUT2D eigenvalue weighted by atomic mass is 9.79. The average Bonchev–Trinajstić information content (AvgIpc) is 2.02. The summed E-state index contributed by atoms with van der Waals surface area (Å²) in [7, 11) is 0. The Morgan fingerprint density at radius 3 is 2.77 bits per heavy atom. The van der Waals surface area contributed by atoms with Crippen LogP contribution in [0.3, 0.4) is 0 Å². The predicted molar refractivity (Wildman–Crippen MR) is 55.8 cm³/mol. The fourth-order valence-electron chi connectivity index (χ4n) is 1.91. The maximum absolute atomic E-state index is 5.53. The van der Waals surface area contributed by atoms with Gasteiger partial charge in [0.2, 0.25) is 0 Å². The molecule has 1 aliphatic rings. The lowest BCUT2D eigenvalue weighted by molar-refractivity contribution is 0.419. The first-order valence-electron chi connectivity index (χ1n) is 5.19. The van der Waals surface area contributed by atoms with Crippen LogP contribution in [0.5, 0.6) is 0 Å². The van der Waals surface area contributed by atoms with Crippen LogP contribution in [-0.2, 0) is 6.42 Å². The second kappa shape index (κ2) is 3.93. The topological polar surface area (TPSA) is 26.0 Å². The predicted octanol–water partition coefficient (Wildman–Crippen LogP) is 2.46. The van der Waals surface area contributed by atoms with E-state index in [2.05, 4.69) is 24.3 Å². The lowest BCUT2D eigenvalue weighted by Crippen LogP contribution is -2.09. The van der Waals surface area contributed by atoms with Crippen molar-refractivity contribution in [3.63, 3.8) is 0 Å². The molecule has 2 rings (SSSR count). The summed E-state index contributed by atoms with van der Waals surface area (Å²) in [5.74, 6) is 0.845. The fraction of sp³-hybridized carbons (Fsp3) is 0.500. The van der Waals surface area contributed by atoms with Crippen molar-refractivity contribution in [2.75, 3.05) is 6.54 Å². The van der Waals surface area contributed by atoms with Gasteiger partial charge in [0.1, 0.15) is 0 Å². The van der Waals surface area contributed by atoms with Crippen molar-refractivity contribution in [1.82, 2.24) is 0 Å². The minimum atomic E-state index is 0.758. The molecule has 0 spiro atoms. The molecule has 0 aliphatic heterocycles. The van der Waals surface area contributed by atoms with Crippen LogP contribution in [0, 0.1) is 0 Å². The Hall–Kier alpha value is -0.820. The standard InChI is InChI=1S/C12H17N/c13-8-7-10-3-1-6-12(9-10)11-4-2-5-11/h1,3,6,9,11H,2,4-5,7-8,13H2. The summed E-state index contributed by atoms with van der Waals surface area (Å²) in [6.45, 7) is 0.758. The third-order valence-corrected chi connectivity index (χ3v) is 2.96. The summed E-state index contributed by atoms with van der Waals surface area (Å²) in [6.07, 6.45) is 5.19. The lowest BCUT2D eigenvalue weighted by Gasteiger charge is -2.26. The van der Waals surface area contributed by atoms with Gasteiger partial charge in [-0.2, -0.15) is 0 Å². The highest BCUT2D eigenvalue weighted by Crippen LogP contribution is 2.36. The molecule has 1 nitrogen and oxygen atoms in total. The van der Waals surface area contributed by atoms with Crippen molar-refractivity contribution in [3.8, 4) is 0 Å². The molecule has 0 radical (unpaired) electrons. The van der Waals surface area contributed by atoms with Gasteiger partial charge in [0.15, 0.2) is 0 Å². The van der Waals surface area contributed by atoms with E-state index in [4.69, 9.17) is 5.73 Å². The molecule has 2 N–H and O–H groups in total. The number of benzene rings is 1. The molecule has 0 saturated heterocycles. The Morgan fingerprint density at radius 2 is 2.15 bits per heavy atom. The van der Waals surface area contributed by atoms with E-state index in [-0.39, 0.29) is 0 Å². The summed E-state index contributed by atoms with van der Waals surface area (Å²) in [6, 6.07) is 8.92. The Bertz CT molecular complexity index is 276. The molecule has 1 heteroatoms. The van der Waals surface area contributed by atoms with Gasteiger partial charge >= 0.3 is 0 Å². The molecule has 0 heterocycles. The first-order chi connectivity index (χ1) is 6.40. The number of hydrogen-bond acceptors (Lipinski definition) is 1. The Kier molecular flexibility index (Phi) is 2.65. The zero-order chi connectivity index (χ0) is 9.10. The van der Waals surface area contributed by atoms with Gasteiger partial charge in [-0.25, -0.2) is 0 Å². The van der Waals surface area contributed by atoms with Crippen LogP contribution in [0.4, 0.5) is 0 Å². The van der Waals surface area contributed by atoms with Crippen LogP contribution < -0.4 is 5.73 Å². The van der Waals surface area contributed by atoms with Gasteiger partial charge in [-0.1, -0.05) is 30.7 Å². The average molecular weight is 175 g/mol. The monoisotopic (exact) mass is 175 g/mol. The zero-order valence-electron chi connectivity index (χ0n) is 8.00. The van der Waals surface area contributed by atoms with Crippen molar-refractivity contribution in [1.29, 1.82) is 0 Å². The van der Waals surface area contributed by atoms with Gasteiger partial charge in [-0.15, -0.1) is 0 Å². The second-order valence-corrected chi connectivity index (χ2v) is 3.91. The zero-order valence-corrected chi connectivity index (χ0v) is 8.00. The molecule has 0 aromatic heterocycles. The summed E-state index contributed by atoms with van der Waals surface area (Å²) in [5.41, 5.74) is 8.45. The largest absolute Gasteiger partial charge is 0.330 e. The van der Waals surface area contributed by atoms with E-state index < -0.39 is 0 Å². The van der Waals surface area contributed by atoms with Crippen LogP contribution in [-0.4, -0.2) is 6.54 Å². The minimum Gasteiger partial charge on any atom is -0.330 e. The van der Waals surface area contributed by atoms with Crippen molar-refractivity contribution in [2.24, 2.45) is 5.73 Å². The van der Waals surface area contributed by atoms with E-state index in [0.717, 1.165) is 18.9 Å². The van der Waals surface area contributed by atoms with Gasteiger partial charge in [0.05, 0.1) is 0 Å². The third-order valence-electron chi connectivity index (χ3n) is 2.96. The Morgan fingerprint density at radius 1 is 1.31 bits per heavy atom. The number of hydrogen-bond donors (Lipinski definition) is 1. The number of rotatable bonds is 3. The molecule has 1 saturated carbocycles. The van der Waals surface area contributed by atoms with Gasteiger partial charge in [0, 0.05) is 0 Å². The minimum absolute atomic E-state index is 0.758. The van der Waals surface area contributed by atoms with Crippen molar-refractivity contribution in [3.05, 3.63) is 35.4 Å². The first kappa shape index (κ1) is 8.76. The molecule has 0 bridgehead atoms. The molecule has 1 aromatic rings. The maximum Gasteiger partial charge on any atom is -0.00367 e. The van der Waals surface area contributed by atoms with E-state index in [1.165, 1.54) is 30.4 Å². The highest BCUT2D eigenvalue weighted by atomic mass is 14.5. The smallest absolute Gasteiger partial charge is 0.00367 e. The number of nitrogens with two attached hydrogens (primary N) is 1. The van der Waals surface area contributed by atoms with Crippen molar-refractivity contribution < 1.29 is 0 Å². The first-order valence-corrected chi connectivity index (χ1v) is 5.19. The van der Waals surface area contributed by atoms with Crippen LogP contribution in [0.15, 0.2) is 24.3 Å². The SMILES string of the molecule is NCCc1cccc(C2CCC2)c1. The summed E-state index contributed by atoms with van der Waals surface area (Å²) in [5, 5.41) is 0. The van der Waals surface area contributed by atoms with Gasteiger partial charge in [0.25, 0.3) is 0 Å². The normalized spacial score (nSPS) is 17.0. The highest BCUT2D eigenvalue weighted by Gasteiger charge is 2.18. The molecular formula is C12H17N. The quantitative estimate of drug-likeness (QED) is 0.750. The van der Waals surface area contributed by atoms with E-state index in [1.54, 1.807) is 0 Å². The van der Waals surface area contributed by atoms with E-state index >= 15 is 0 Å². The van der Waals surface area contributed by atoms with Gasteiger partial charge < -0.3 is 5.73 Å². The molecule has 0 atom stereocenters. The Labute approximate surface area is 80.0 Å². The van der Waals surface area contributed by atoms with Gasteiger partial charge in [-0.05, 0) is 42.9 Å². The van der Waals surface area contributed by atoms with E-state index in [9.17, 15) is 0 Å². The van der Waals surface area contributed by atoms with Crippen molar-refractivity contribution in [2.45, 2.75) is 31.6 Å². The molecule has 0 amide bonds. The molecule has 13 heavy (non-hydrogen) atoms. The molecule has 1 aliphatic carbocycles. The third kappa shape index (κ3) is 1.92. The Balaban J connectivity index is 2.11. The summed E-state index contributed by atoms with van der Waals surface area (Å²) >= 11 is 0. The molecular weight excluding hydrogens is 158 g/mol. The second-order valence-electron chi connectivity index (χ2n) is 3.91. The maximum atomic E-state index is 5.53. The van der Waals surface area contributed by atoms with Crippen molar-refractivity contribution >= 4 is 0 Å². The molecule has 70 valence electrons. The summed E-state index contributed by atoms with van der Waals surface area (Å²) in [4.78, 5) is 0. The highest BCUT2D eigenvalue weighted by molar-refractivity contribution is 5.27. The fourth-order valence-corrected chi connectivity index (χ4v) is 1.91. The van der Waals surface area contributed by atoms with Gasteiger partial charge in [-0.3, -0.25) is 0 Å².